The minimum absolute atomic E-state index is 0.0706. The molecule has 0 radical (unpaired) electrons. The van der Waals surface area contributed by atoms with E-state index in [2.05, 4.69) is 0 Å². The van der Waals surface area contributed by atoms with Crippen molar-refractivity contribution in [3.05, 3.63) is 35.8 Å². The van der Waals surface area contributed by atoms with E-state index in [4.69, 9.17) is 32.8 Å². The molecule has 11 atom stereocenters. The van der Waals surface area contributed by atoms with Crippen LogP contribution in [0.3, 0.4) is 0 Å². The lowest BCUT2D eigenvalue weighted by Gasteiger charge is -2.67. The molecule has 0 amide bonds. The Morgan fingerprint density at radius 3 is 2.29 bits per heavy atom. The van der Waals surface area contributed by atoms with Crippen LogP contribution >= 0.6 is 0 Å². The van der Waals surface area contributed by atoms with E-state index in [9.17, 15) is 24.0 Å². The van der Waals surface area contributed by atoms with Crippen molar-refractivity contribution in [3.63, 3.8) is 0 Å². The second-order valence-electron chi connectivity index (χ2n) is 15.2. The fraction of sp³-hybridized carbons (Fsp3) is 0.667. The molecule has 13 heteroatoms. The minimum Gasteiger partial charge on any atom is -0.472 e. The molecule has 5 aliphatic rings. The van der Waals surface area contributed by atoms with E-state index in [1.54, 1.807) is 46.8 Å². The van der Waals surface area contributed by atoms with E-state index in [-0.39, 0.29) is 12.0 Å². The van der Waals surface area contributed by atoms with Crippen molar-refractivity contribution in [1.82, 2.24) is 0 Å². The summed E-state index contributed by atoms with van der Waals surface area (Å²) in [6.45, 7) is 12.6. The van der Waals surface area contributed by atoms with E-state index < -0.39 is 105 Å². The number of Topliss-reactive ketones (excluding diaryl/α,β-unsaturated/α-hetero) is 1. The number of carbonyl (C=O) groups is 6. The zero-order valence-corrected chi connectivity index (χ0v) is 29.3. The smallest absolute Gasteiger partial charge is 0.347 e. The fourth-order valence-electron chi connectivity index (χ4n) is 10.6. The average molecular weight is 685 g/mol. The molecule has 3 heterocycles. The summed E-state index contributed by atoms with van der Waals surface area (Å²) in [6, 6.07) is 1.74. The number of allylic oxidation sites excluding steroid dienone is 1. The average Bonchev–Trinajstić information content (AvgIpc) is 3.51. The maximum absolute atomic E-state index is 15.5. The molecular formula is C36H44O13. The third-order valence-corrected chi connectivity index (χ3v) is 12.4. The second kappa shape index (κ2) is 11.3. The van der Waals surface area contributed by atoms with Gasteiger partial charge >= 0.3 is 29.8 Å². The summed E-state index contributed by atoms with van der Waals surface area (Å²) in [7, 11) is 1.15. The lowest BCUT2D eigenvalue weighted by molar-refractivity contribution is -0.266. The first kappa shape index (κ1) is 34.8. The number of fused-ring (bicyclic) bond motifs is 5. The summed E-state index contributed by atoms with van der Waals surface area (Å²) >= 11 is 0. The zero-order chi connectivity index (χ0) is 36.1. The molecule has 0 N–H and O–H groups in total. The third-order valence-electron chi connectivity index (χ3n) is 12.4. The summed E-state index contributed by atoms with van der Waals surface area (Å²) in [4.78, 5) is 81.9. The Morgan fingerprint density at radius 1 is 1.02 bits per heavy atom. The van der Waals surface area contributed by atoms with Gasteiger partial charge in [-0.25, -0.2) is 9.59 Å². The highest BCUT2D eigenvalue weighted by atomic mass is 16.7. The predicted octanol–water partition coefficient (Wildman–Crippen LogP) is 3.97. The standard InChI is InChI=1S/C36H44O13/c1-10-17(2)27(40)47-30-32(5,6)25(24(28(41)43-9)45-18(3)37)34(8)21-11-13-33(7)22(15-23(39)46-26(33)20-12-14-44-16-20)35(21)31(49-35)36(30,29(34)42)48-19(4)38/h10,12,14,16,21-22,24-26,30-31H,11,13,15H2,1-9H3/b17-10+/t21-,22+,24-,25+,26+,30+,31+,33-,34-,35+,36+/m1/s1. The number of carbonyl (C=O) groups excluding carboxylic acids is 6. The number of esters is 5. The summed E-state index contributed by atoms with van der Waals surface area (Å²) in [6.07, 6.45) is 0.359. The van der Waals surface area contributed by atoms with Crippen LogP contribution in [0, 0.1) is 34.0 Å². The minimum atomic E-state index is -2.19. The van der Waals surface area contributed by atoms with Crippen LogP contribution in [0.15, 0.2) is 34.7 Å². The molecule has 2 aliphatic heterocycles. The van der Waals surface area contributed by atoms with Crippen molar-refractivity contribution in [2.45, 2.75) is 110 Å². The molecular weight excluding hydrogens is 640 g/mol. The Kier molecular flexibility index (Phi) is 8.01. The Morgan fingerprint density at radius 2 is 1.71 bits per heavy atom. The molecule has 1 spiro atoms. The number of ketones is 1. The number of epoxide rings is 1. The van der Waals surface area contributed by atoms with Crippen LogP contribution in [0.4, 0.5) is 0 Å². The van der Waals surface area contributed by atoms with E-state index in [1.807, 2.05) is 6.92 Å². The molecule has 6 rings (SSSR count). The molecule has 0 aromatic carbocycles. The van der Waals surface area contributed by atoms with Crippen LogP contribution < -0.4 is 0 Å². The van der Waals surface area contributed by atoms with Crippen LogP contribution in [0.2, 0.25) is 0 Å². The van der Waals surface area contributed by atoms with E-state index in [0.717, 1.165) is 21.0 Å². The van der Waals surface area contributed by atoms with Crippen molar-refractivity contribution in [3.8, 4) is 0 Å². The van der Waals surface area contributed by atoms with Crippen molar-refractivity contribution < 1.29 is 61.6 Å². The van der Waals surface area contributed by atoms with Gasteiger partial charge in [-0.1, -0.05) is 33.8 Å². The van der Waals surface area contributed by atoms with Gasteiger partial charge in [0, 0.05) is 59.0 Å². The Balaban J connectivity index is 1.64. The third kappa shape index (κ3) is 4.52. The van der Waals surface area contributed by atoms with E-state index in [1.165, 1.54) is 12.5 Å². The second-order valence-corrected chi connectivity index (χ2v) is 15.2. The Labute approximate surface area is 284 Å². The highest BCUT2D eigenvalue weighted by Crippen LogP contribution is 2.79. The van der Waals surface area contributed by atoms with Gasteiger partial charge in [-0.15, -0.1) is 0 Å². The first-order valence-corrected chi connectivity index (χ1v) is 16.6. The van der Waals surface area contributed by atoms with Crippen LogP contribution in [-0.4, -0.2) is 72.3 Å². The molecule has 3 aliphatic carbocycles. The number of cyclic esters (lactones) is 1. The van der Waals surface area contributed by atoms with Crippen LogP contribution in [-0.2, 0) is 57.2 Å². The lowest BCUT2D eigenvalue weighted by Crippen LogP contribution is -2.82. The Bertz CT molecular complexity index is 1640. The van der Waals surface area contributed by atoms with E-state index >= 15 is 4.79 Å². The van der Waals surface area contributed by atoms with Crippen LogP contribution in [0.25, 0.3) is 0 Å². The highest BCUT2D eigenvalue weighted by molar-refractivity contribution is 6.01. The maximum atomic E-state index is 15.5. The fourth-order valence-corrected chi connectivity index (χ4v) is 10.6. The summed E-state index contributed by atoms with van der Waals surface area (Å²) < 4.78 is 41.4. The summed E-state index contributed by atoms with van der Waals surface area (Å²) in [5.74, 6) is -6.81. The number of hydrogen-bond donors (Lipinski definition) is 0. The maximum Gasteiger partial charge on any atom is 0.347 e. The van der Waals surface area contributed by atoms with Gasteiger partial charge in [-0.3, -0.25) is 19.2 Å². The molecule has 0 unspecified atom stereocenters. The topological polar surface area (TPSA) is 174 Å². The van der Waals surface area contributed by atoms with Gasteiger partial charge in [-0.05, 0) is 32.8 Å². The number of rotatable bonds is 7. The van der Waals surface area contributed by atoms with Crippen LogP contribution in [0.5, 0.6) is 0 Å². The first-order valence-electron chi connectivity index (χ1n) is 16.6. The van der Waals surface area contributed by atoms with Gasteiger partial charge in [-0.2, -0.15) is 0 Å². The van der Waals surface area contributed by atoms with Crippen LogP contribution in [0.1, 0.15) is 86.3 Å². The monoisotopic (exact) mass is 684 g/mol. The molecule has 3 saturated carbocycles. The largest absolute Gasteiger partial charge is 0.472 e. The summed E-state index contributed by atoms with van der Waals surface area (Å²) in [5.41, 5.74) is -6.32. The van der Waals surface area contributed by atoms with Gasteiger partial charge < -0.3 is 32.8 Å². The molecule has 2 saturated heterocycles. The molecule has 1 aromatic heterocycles. The molecule has 5 fully saturated rings. The first-order chi connectivity index (χ1) is 22.9. The number of methoxy groups -OCH3 is 1. The van der Waals surface area contributed by atoms with Crippen molar-refractivity contribution in [1.29, 1.82) is 0 Å². The number of hydrogen-bond acceptors (Lipinski definition) is 13. The van der Waals surface area contributed by atoms with Gasteiger partial charge in [0.05, 0.1) is 26.1 Å². The highest BCUT2D eigenvalue weighted by Gasteiger charge is 2.93. The molecule has 266 valence electrons. The zero-order valence-electron chi connectivity index (χ0n) is 29.3. The Hall–Kier alpha value is -4.00. The molecule has 49 heavy (non-hydrogen) atoms. The van der Waals surface area contributed by atoms with Crippen molar-refractivity contribution in [2.75, 3.05) is 7.11 Å². The number of ether oxygens (including phenoxy) is 6. The predicted molar refractivity (Wildman–Crippen MR) is 166 cm³/mol. The van der Waals surface area contributed by atoms with Crippen molar-refractivity contribution >= 4 is 35.6 Å². The molecule has 2 bridgehead atoms. The van der Waals surface area contributed by atoms with Gasteiger partial charge in [0.2, 0.25) is 11.7 Å². The van der Waals surface area contributed by atoms with Gasteiger partial charge in [0.25, 0.3) is 0 Å². The van der Waals surface area contributed by atoms with Gasteiger partial charge in [0.1, 0.15) is 17.8 Å². The molecule has 13 nitrogen and oxygen atoms in total. The van der Waals surface area contributed by atoms with Gasteiger partial charge in [0.15, 0.2) is 11.9 Å². The van der Waals surface area contributed by atoms with E-state index in [0.29, 0.717) is 18.4 Å². The molecule has 1 aromatic rings. The quantitative estimate of drug-likeness (QED) is 0.175. The SMILES string of the molecule is C/C=C(\C)C(=O)O[C@H]1C(C)(C)[C@H]([C@@H](OC(C)=O)C(=O)OC)[C@]2(C)C(=O)[C@@]1(OC(C)=O)[C@H]1O[C@]13[C@@H]2CC[C@@]1(C)[C@H](c2ccoc2)OC(=O)C[C@@H]13. The normalized spacial score (nSPS) is 40.7. The summed E-state index contributed by atoms with van der Waals surface area (Å²) in [5, 5.41) is 0. The lowest BCUT2D eigenvalue weighted by atomic mass is 9.36. The number of furan rings is 1. The van der Waals surface area contributed by atoms with Crippen molar-refractivity contribution in [2.24, 2.45) is 34.0 Å².